The van der Waals surface area contributed by atoms with Gasteiger partial charge in [0.25, 0.3) is 0 Å². The van der Waals surface area contributed by atoms with Crippen molar-refractivity contribution in [1.82, 2.24) is 0 Å². The van der Waals surface area contributed by atoms with Gasteiger partial charge in [-0.25, -0.2) is 0 Å². The maximum absolute atomic E-state index is 8.68. The molecule has 0 saturated heterocycles. The molecule has 1 aromatic rings. The third-order valence-electron chi connectivity index (χ3n) is 2.59. The fraction of sp³-hybridized carbons (Fsp3) is 0.364. The minimum Gasteiger partial charge on any atom is -0.192 e. The molecule has 0 aliphatic heterocycles. The Labute approximate surface area is 72.6 Å². The molecule has 2 rings (SSSR count). The molecular weight excluding hydrogens is 146 g/mol. The Kier molecular flexibility index (Phi) is 1.83. The zero-order valence-corrected chi connectivity index (χ0v) is 6.96. The molecule has 0 spiro atoms. The Morgan fingerprint density at radius 1 is 1.33 bits per heavy atom. The second-order valence-electron chi connectivity index (χ2n) is 3.37. The van der Waals surface area contributed by atoms with Crippen molar-refractivity contribution in [3.63, 3.8) is 0 Å². The second kappa shape index (κ2) is 2.98. The maximum atomic E-state index is 8.68. The lowest BCUT2D eigenvalue weighted by molar-refractivity contribution is 0.419. The molecule has 1 aliphatic carbocycles. The smallest absolute Gasteiger partial charge is 0.0991 e. The van der Waals surface area contributed by atoms with E-state index in [1.54, 1.807) is 0 Å². The minimum atomic E-state index is 0.735. The summed E-state index contributed by atoms with van der Waals surface area (Å²) in [5, 5.41) is 8.68. The Morgan fingerprint density at radius 3 is 2.75 bits per heavy atom. The van der Waals surface area contributed by atoms with Crippen molar-refractivity contribution in [3.8, 4) is 6.07 Å². The lowest BCUT2D eigenvalue weighted by atomic mass is 9.80. The molecule has 0 bridgehead atoms. The van der Waals surface area contributed by atoms with Gasteiger partial charge in [-0.15, -0.1) is 0 Å². The molecule has 1 aliphatic rings. The van der Waals surface area contributed by atoms with Gasteiger partial charge in [0.15, 0.2) is 0 Å². The van der Waals surface area contributed by atoms with E-state index in [9.17, 15) is 0 Å². The van der Waals surface area contributed by atoms with E-state index >= 15 is 0 Å². The first-order chi connectivity index (χ1) is 5.90. The molecule has 1 heteroatoms. The predicted molar refractivity (Wildman–Crippen MR) is 47.7 cm³/mol. The highest BCUT2D eigenvalue weighted by molar-refractivity contribution is 5.34. The number of nitriles is 1. The first kappa shape index (κ1) is 7.36. The molecule has 0 heterocycles. The normalized spacial score (nSPS) is 16.6. The minimum absolute atomic E-state index is 0.735. The van der Waals surface area contributed by atoms with Crippen LogP contribution in [0.5, 0.6) is 0 Å². The van der Waals surface area contributed by atoms with Crippen molar-refractivity contribution in [2.75, 3.05) is 0 Å². The lowest BCUT2D eigenvalue weighted by Gasteiger charge is -2.25. The van der Waals surface area contributed by atoms with Crippen molar-refractivity contribution >= 4 is 0 Å². The van der Waals surface area contributed by atoms with E-state index in [-0.39, 0.29) is 0 Å². The Morgan fingerprint density at radius 2 is 2.17 bits per heavy atom. The summed E-state index contributed by atoms with van der Waals surface area (Å²) in [6.07, 6.45) is 3.95. The Bertz CT molecular complexity index is 318. The topological polar surface area (TPSA) is 23.8 Å². The van der Waals surface area contributed by atoms with Gasteiger partial charge in [-0.05, 0) is 36.5 Å². The van der Waals surface area contributed by atoms with Crippen LogP contribution in [0.15, 0.2) is 24.3 Å². The van der Waals surface area contributed by atoms with Crippen molar-refractivity contribution in [2.45, 2.75) is 25.2 Å². The Hall–Kier alpha value is -1.29. The van der Waals surface area contributed by atoms with Gasteiger partial charge >= 0.3 is 0 Å². The van der Waals surface area contributed by atoms with E-state index in [4.69, 9.17) is 5.26 Å². The highest BCUT2D eigenvalue weighted by Gasteiger charge is 2.19. The SMILES string of the molecule is N#Cc1cccc(C2CCC2)c1. The number of hydrogen-bond acceptors (Lipinski definition) is 1. The monoisotopic (exact) mass is 157 g/mol. The molecule has 12 heavy (non-hydrogen) atoms. The Balaban J connectivity index is 2.27. The molecule has 1 nitrogen and oxygen atoms in total. The van der Waals surface area contributed by atoms with Crippen LogP contribution in [0.1, 0.15) is 36.3 Å². The number of nitrogens with zero attached hydrogens (tertiary/aromatic N) is 1. The third kappa shape index (κ3) is 1.21. The molecular formula is C11H11N. The molecule has 1 saturated carbocycles. The molecule has 0 atom stereocenters. The molecule has 0 amide bonds. The largest absolute Gasteiger partial charge is 0.192 e. The van der Waals surface area contributed by atoms with Crippen LogP contribution >= 0.6 is 0 Å². The van der Waals surface area contributed by atoms with Gasteiger partial charge in [0.2, 0.25) is 0 Å². The lowest BCUT2D eigenvalue weighted by Crippen LogP contribution is -2.08. The molecule has 1 aromatic carbocycles. The van der Waals surface area contributed by atoms with Crippen LogP contribution in [0.2, 0.25) is 0 Å². The van der Waals surface area contributed by atoms with Crippen molar-refractivity contribution in [3.05, 3.63) is 35.4 Å². The van der Waals surface area contributed by atoms with E-state index in [0.29, 0.717) is 0 Å². The highest BCUT2D eigenvalue weighted by Crippen LogP contribution is 2.36. The summed E-state index contributed by atoms with van der Waals surface area (Å²) < 4.78 is 0. The first-order valence-electron chi connectivity index (χ1n) is 4.40. The van der Waals surface area contributed by atoms with Crippen molar-refractivity contribution in [1.29, 1.82) is 5.26 Å². The first-order valence-corrected chi connectivity index (χ1v) is 4.40. The summed E-state index contributed by atoms with van der Waals surface area (Å²) in [6, 6.07) is 10.2. The standard InChI is InChI=1S/C11H11N/c12-8-9-3-1-6-11(7-9)10-4-2-5-10/h1,3,6-7,10H,2,4-5H2. The van der Waals surface area contributed by atoms with Gasteiger partial charge in [0.05, 0.1) is 11.6 Å². The summed E-state index contributed by atoms with van der Waals surface area (Å²) in [5.74, 6) is 0.735. The van der Waals surface area contributed by atoms with Crippen LogP contribution in [0.3, 0.4) is 0 Å². The fourth-order valence-corrected chi connectivity index (χ4v) is 1.60. The van der Waals surface area contributed by atoms with Gasteiger partial charge in [-0.3, -0.25) is 0 Å². The van der Waals surface area contributed by atoms with Gasteiger partial charge in [0, 0.05) is 0 Å². The molecule has 0 unspecified atom stereocenters. The van der Waals surface area contributed by atoms with Crippen LogP contribution in [0.4, 0.5) is 0 Å². The second-order valence-corrected chi connectivity index (χ2v) is 3.37. The molecule has 0 N–H and O–H groups in total. The van der Waals surface area contributed by atoms with Gasteiger partial charge in [-0.2, -0.15) is 5.26 Å². The molecule has 60 valence electrons. The quantitative estimate of drug-likeness (QED) is 0.615. The zero-order valence-electron chi connectivity index (χ0n) is 6.96. The summed E-state index contributed by atoms with van der Waals surface area (Å²) in [7, 11) is 0. The highest BCUT2D eigenvalue weighted by atomic mass is 14.3. The van der Waals surface area contributed by atoms with Crippen molar-refractivity contribution < 1.29 is 0 Å². The number of rotatable bonds is 1. The molecule has 0 aromatic heterocycles. The van der Waals surface area contributed by atoms with Crippen LogP contribution in [-0.4, -0.2) is 0 Å². The average Bonchev–Trinajstić information content (AvgIpc) is 2.02. The summed E-state index contributed by atoms with van der Waals surface area (Å²) in [6.45, 7) is 0. The third-order valence-corrected chi connectivity index (χ3v) is 2.59. The zero-order chi connectivity index (χ0) is 8.39. The van der Waals surface area contributed by atoms with E-state index in [1.807, 2.05) is 18.2 Å². The molecule has 1 fully saturated rings. The van der Waals surface area contributed by atoms with Crippen LogP contribution < -0.4 is 0 Å². The van der Waals surface area contributed by atoms with E-state index in [1.165, 1.54) is 24.8 Å². The van der Waals surface area contributed by atoms with E-state index < -0.39 is 0 Å². The maximum Gasteiger partial charge on any atom is 0.0991 e. The van der Waals surface area contributed by atoms with Crippen LogP contribution in [0.25, 0.3) is 0 Å². The van der Waals surface area contributed by atoms with Gasteiger partial charge in [0.1, 0.15) is 0 Å². The van der Waals surface area contributed by atoms with E-state index in [0.717, 1.165) is 11.5 Å². The number of hydrogen-bond donors (Lipinski definition) is 0. The summed E-state index contributed by atoms with van der Waals surface area (Å²) >= 11 is 0. The van der Waals surface area contributed by atoms with Gasteiger partial charge in [-0.1, -0.05) is 18.6 Å². The fourth-order valence-electron chi connectivity index (χ4n) is 1.60. The van der Waals surface area contributed by atoms with E-state index in [2.05, 4.69) is 12.1 Å². The summed E-state index contributed by atoms with van der Waals surface area (Å²) in [4.78, 5) is 0. The van der Waals surface area contributed by atoms with Gasteiger partial charge < -0.3 is 0 Å². The number of benzene rings is 1. The summed E-state index contributed by atoms with van der Waals surface area (Å²) in [5.41, 5.74) is 2.14. The van der Waals surface area contributed by atoms with Crippen LogP contribution in [0, 0.1) is 11.3 Å². The van der Waals surface area contributed by atoms with Crippen molar-refractivity contribution in [2.24, 2.45) is 0 Å². The predicted octanol–water partition coefficient (Wildman–Crippen LogP) is 2.83. The molecule has 0 radical (unpaired) electrons. The van der Waals surface area contributed by atoms with Crippen LogP contribution in [-0.2, 0) is 0 Å². The average molecular weight is 157 g/mol.